The highest BCUT2D eigenvalue weighted by atomic mass is 19.1. The summed E-state index contributed by atoms with van der Waals surface area (Å²) in [4.78, 5) is 7.24. The summed E-state index contributed by atoms with van der Waals surface area (Å²) in [5.41, 5.74) is 1.88. The molecule has 1 heterocycles. The molecule has 0 saturated carbocycles. The highest BCUT2D eigenvalue weighted by molar-refractivity contribution is 5.26. The lowest BCUT2D eigenvalue weighted by Gasteiger charge is -2.16. The number of imidazole rings is 1. The van der Waals surface area contributed by atoms with Crippen molar-refractivity contribution < 1.29 is 4.39 Å². The van der Waals surface area contributed by atoms with Crippen LogP contribution in [0.4, 0.5) is 4.39 Å². The second kappa shape index (κ2) is 5.10. The maximum Gasteiger partial charge on any atom is 0.123 e. The molecule has 2 aromatic rings. The summed E-state index contributed by atoms with van der Waals surface area (Å²) < 4.78 is 13.4. The summed E-state index contributed by atoms with van der Waals surface area (Å²) in [6, 6.07) is 5.16. The van der Waals surface area contributed by atoms with Gasteiger partial charge in [-0.15, -0.1) is 0 Å². The third kappa shape index (κ3) is 2.91. The first-order chi connectivity index (χ1) is 8.19. The predicted molar refractivity (Wildman–Crippen MR) is 65.2 cm³/mol. The molecule has 0 fully saturated rings. The highest BCUT2D eigenvalue weighted by Crippen LogP contribution is 2.19. The average Bonchev–Trinajstić information content (AvgIpc) is 2.77. The highest BCUT2D eigenvalue weighted by Gasteiger charge is 2.12. The average molecular weight is 233 g/mol. The van der Waals surface area contributed by atoms with E-state index in [0.717, 1.165) is 17.0 Å². The minimum Gasteiger partial charge on any atom is -0.349 e. The molecule has 1 atom stereocenters. The smallest absolute Gasteiger partial charge is 0.123 e. The molecule has 2 N–H and O–H groups in total. The molecule has 1 aromatic heterocycles. The number of aromatic nitrogens is 2. The Morgan fingerprint density at radius 2 is 2.24 bits per heavy atom. The van der Waals surface area contributed by atoms with Crippen molar-refractivity contribution in [3.63, 3.8) is 0 Å². The van der Waals surface area contributed by atoms with E-state index < -0.39 is 0 Å². The third-order valence-electron chi connectivity index (χ3n) is 2.77. The lowest BCUT2D eigenvalue weighted by atomic mass is 10.0. The van der Waals surface area contributed by atoms with Crippen LogP contribution in [0.2, 0.25) is 0 Å². The fourth-order valence-corrected chi connectivity index (χ4v) is 1.96. The van der Waals surface area contributed by atoms with Crippen molar-refractivity contribution in [3.05, 3.63) is 53.4 Å². The Hall–Kier alpha value is -1.68. The van der Waals surface area contributed by atoms with E-state index in [1.807, 2.05) is 20.0 Å². The van der Waals surface area contributed by atoms with Gasteiger partial charge in [-0.2, -0.15) is 0 Å². The van der Waals surface area contributed by atoms with Crippen LogP contribution >= 0.6 is 0 Å². The van der Waals surface area contributed by atoms with Crippen LogP contribution in [0.5, 0.6) is 0 Å². The zero-order valence-corrected chi connectivity index (χ0v) is 10.00. The second-order valence-corrected chi connectivity index (χ2v) is 4.14. The maximum atomic E-state index is 13.4. The van der Waals surface area contributed by atoms with Gasteiger partial charge in [-0.1, -0.05) is 6.07 Å². The van der Waals surface area contributed by atoms with E-state index in [9.17, 15) is 4.39 Å². The van der Waals surface area contributed by atoms with Crippen LogP contribution in [0.3, 0.4) is 0 Å². The zero-order chi connectivity index (χ0) is 12.3. The number of H-pyrrole nitrogens is 1. The minimum atomic E-state index is -0.195. The molecular formula is C13H16FN3. The molecule has 0 saturated heterocycles. The van der Waals surface area contributed by atoms with Crippen molar-refractivity contribution in [2.75, 3.05) is 7.05 Å². The monoisotopic (exact) mass is 233 g/mol. The SMILES string of the molecule is CNC(Cc1ncc[nH]1)c1cc(C)cc(F)c1. The number of hydrogen-bond donors (Lipinski definition) is 2. The van der Waals surface area contributed by atoms with Gasteiger partial charge in [0.2, 0.25) is 0 Å². The Kier molecular flexibility index (Phi) is 3.54. The van der Waals surface area contributed by atoms with Gasteiger partial charge in [0.05, 0.1) is 0 Å². The van der Waals surface area contributed by atoms with Gasteiger partial charge in [-0.05, 0) is 37.2 Å². The van der Waals surface area contributed by atoms with Gasteiger partial charge in [-0.3, -0.25) is 0 Å². The van der Waals surface area contributed by atoms with Crippen LogP contribution in [0.25, 0.3) is 0 Å². The number of nitrogens with zero attached hydrogens (tertiary/aromatic N) is 1. The first-order valence-corrected chi connectivity index (χ1v) is 5.61. The summed E-state index contributed by atoms with van der Waals surface area (Å²) >= 11 is 0. The summed E-state index contributed by atoms with van der Waals surface area (Å²) in [5.74, 6) is 0.700. The van der Waals surface area contributed by atoms with E-state index in [4.69, 9.17) is 0 Å². The van der Waals surface area contributed by atoms with Crippen LogP contribution < -0.4 is 5.32 Å². The topological polar surface area (TPSA) is 40.7 Å². The molecule has 0 spiro atoms. The van der Waals surface area contributed by atoms with Gasteiger partial charge >= 0.3 is 0 Å². The molecule has 0 radical (unpaired) electrons. The molecule has 90 valence electrons. The van der Waals surface area contributed by atoms with Crippen molar-refractivity contribution in [2.45, 2.75) is 19.4 Å². The quantitative estimate of drug-likeness (QED) is 0.851. The van der Waals surface area contributed by atoms with E-state index in [1.165, 1.54) is 6.07 Å². The van der Waals surface area contributed by atoms with Crippen molar-refractivity contribution in [1.82, 2.24) is 15.3 Å². The number of likely N-dealkylation sites (N-methyl/N-ethyl adjacent to an activating group) is 1. The van der Waals surface area contributed by atoms with E-state index in [1.54, 1.807) is 18.5 Å². The van der Waals surface area contributed by atoms with Gasteiger partial charge in [0, 0.05) is 24.9 Å². The molecule has 0 bridgehead atoms. The Bertz CT molecular complexity index is 459. The fraction of sp³-hybridized carbons (Fsp3) is 0.308. The van der Waals surface area contributed by atoms with E-state index in [-0.39, 0.29) is 11.9 Å². The van der Waals surface area contributed by atoms with Crippen molar-refractivity contribution in [2.24, 2.45) is 0 Å². The minimum absolute atomic E-state index is 0.0653. The number of rotatable bonds is 4. The van der Waals surface area contributed by atoms with Crippen LogP contribution in [-0.2, 0) is 6.42 Å². The first kappa shape index (κ1) is 11.8. The van der Waals surface area contributed by atoms with Gasteiger partial charge in [0.25, 0.3) is 0 Å². The second-order valence-electron chi connectivity index (χ2n) is 4.14. The summed E-state index contributed by atoms with van der Waals surface area (Å²) in [7, 11) is 1.87. The van der Waals surface area contributed by atoms with Crippen LogP contribution in [0, 0.1) is 12.7 Å². The van der Waals surface area contributed by atoms with Crippen LogP contribution in [0.1, 0.15) is 23.0 Å². The van der Waals surface area contributed by atoms with Crippen molar-refractivity contribution >= 4 is 0 Å². The summed E-state index contributed by atoms with van der Waals surface area (Å²) in [6.45, 7) is 1.90. The van der Waals surface area contributed by atoms with Crippen molar-refractivity contribution in [1.29, 1.82) is 0 Å². The van der Waals surface area contributed by atoms with Gasteiger partial charge in [0.1, 0.15) is 11.6 Å². The van der Waals surface area contributed by atoms with E-state index in [0.29, 0.717) is 6.42 Å². The molecule has 0 aliphatic heterocycles. The lowest BCUT2D eigenvalue weighted by molar-refractivity contribution is 0.566. The maximum absolute atomic E-state index is 13.4. The van der Waals surface area contributed by atoms with Gasteiger partial charge in [-0.25, -0.2) is 9.37 Å². The number of hydrogen-bond acceptors (Lipinski definition) is 2. The summed E-state index contributed by atoms with van der Waals surface area (Å²) in [6.07, 6.45) is 4.23. The van der Waals surface area contributed by atoms with Gasteiger partial charge < -0.3 is 10.3 Å². The number of halogens is 1. The number of nitrogens with one attached hydrogen (secondary N) is 2. The molecule has 17 heavy (non-hydrogen) atoms. The molecule has 3 nitrogen and oxygen atoms in total. The van der Waals surface area contributed by atoms with Crippen LogP contribution in [-0.4, -0.2) is 17.0 Å². The Balaban J connectivity index is 2.22. The lowest BCUT2D eigenvalue weighted by Crippen LogP contribution is -2.19. The molecule has 1 unspecified atom stereocenters. The Morgan fingerprint density at radius 1 is 1.41 bits per heavy atom. The molecular weight excluding hydrogens is 217 g/mol. The molecule has 2 rings (SSSR count). The summed E-state index contributed by atoms with van der Waals surface area (Å²) in [5, 5.41) is 3.18. The number of aromatic amines is 1. The first-order valence-electron chi connectivity index (χ1n) is 5.61. The molecule has 0 aliphatic rings. The van der Waals surface area contributed by atoms with Crippen LogP contribution in [0.15, 0.2) is 30.6 Å². The third-order valence-corrected chi connectivity index (χ3v) is 2.77. The Morgan fingerprint density at radius 3 is 2.82 bits per heavy atom. The largest absolute Gasteiger partial charge is 0.349 e. The molecule has 0 amide bonds. The van der Waals surface area contributed by atoms with E-state index in [2.05, 4.69) is 15.3 Å². The van der Waals surface area contributed by atoms with Gasteiger partial charge in [0.15, 0.2) is 0 Å². The zero-order valence-electron chi connectivity index (χ0n) is 10.00. The van der Waals surface area contributed by atoms with Crippen molar-refractivity contribution in [3.8, 4) is 0 Å². The standard InChI is InChI=1S/C13H16FN3/c1-9-5-10(7-11(14)6-9)12(15-2)8-13-16-3-4-17-13/h3-7,12,15H,8H2,1-2H3,(H,16,17). The Labute approximate surface area is 100 Å². The molecule has 4 heteroatoms. The predicted octanol–water partition coefficient (Wildman–Crippen LogP) is 2.36. The van der Waals surface area contributed by atoms with E-state index >= 15 is 0 Å². The molecule has 1 aromatic carbocycles. The number of benzene rings is 1. The molecule has 0 aliphatic carbocycles. The normalized spacial score (nSPS) is 12.6. The number of aryl methyl sites for hydroxylation is 1. The fourth-order valence-electron chi connectivity index (χ4n) is 1.96.